The van der Waals surface area contributed by atoms with Crippen LogP contribution in [0.25, 0.3) is 11.2 Å². The van der Waals surface area contributed by atoms with Gasteiger partial charge in [-0.05, 0) is 54.3 Å². The van der Waals surface area contributed by atoms with Crippen molar-refractivity contribution in [3.63, 3.8) is 0 Å². The molecule has 0 unspecified atom stereocenters. The standard InChI is InChI=1S/C28H29FN4OS/c29-24-11-6-5-8-22(24)19-35-28-32-25-12-7-17-30-26(25)33(28)18-20-13-15-21(16-14-20)27(34)31-23-9-3-1-2-4-10-23/h5-8,11-17,23H,1-4,9-10,18-19H2,(H,31,34). The minimum absolute atomic E-state index is 0.000621. The molecule has 2 aromatic carbocycles. The van der Waals surface area contributed by atoms with Gasteiger partial charge in [-0.15, -0.1) is 0 Å². The van der Waals surface area contributed by atoms with E-state index in [4.69, 9.17) is 4.98 Å². The lowest BCUT2D eigenvalue weighted by Crippen LogP contribution is -2.34. The van der Waals surface area contributed by atoms with E-state index in [0.29, 0.717) is 23.4 Å². The Morgan fingerprint density at radius 2 is 1.77 bits per heavy atom. The Morgan fingerprint density at radius 1 is 1.00 bits per heavy atom. The molecule has 35 heavy (non-hydrogen) atoms. The summed E-state index contributed by atoms with van der Waals surface area (Å²) in [7, 11) is 0. The van der Waals surface area contributed by atoms with Gasteiger partial charge < -0.3 is 5.32 Å². The van der Waals surface area contributed by atoms with Gasteiger partial charge in [-0.1, -0.05) is 67.8 Å². The molecule has 0 saturated heterocycles. The number of amides is 1. The molecule has 0 radical (unpaired) electrons. The van der Waals surface area contributed by atoms with Gasteiger partial charge in [0.1, 0.15) is 11.3 Å². The molecule has 5 nitrogen and oxygen atoms in total. The zero-order chi connectivity index (χ0) is 24.0. The quantitative estimate of drug-likeness (QED) is 0.243. The van der Waals surface area contributed by atoms with Gasteiger partial charge in [0.2, 0.25) is 0 Å². The second kappa shape index (κ2) is 11.0. The number of rotatable bonds is 7. The van der Waals surface area contributed by atoms with Crippen molar-refractivity contribution in [3.05, 3.63) is 89.4 Å². The number of fused-ring (bicyclic) bond motifs is 1. The largest absolute Gasteiger partial charge is 0.349 e. The number of aromatic nitrogens is 3. The average Bonchev–Trinajstić information content (AvgIpc) is 3.02. The van der Waals surface area contributed by atoms with Crippen LogP contribution in [0, 0.1) is 5.82 Å². The first-order chi connectivity index (χ1) is 17.2. The van der Waals surface area contributed by atoms with E-state index in [1.807, 2.05) is 42.5 Å². The maximum absolute atomic E-state index is 14.1. The molecular formula is C28H29FN4OS. The zero-order valence-electron chi connectivity index (χ0n) is 19.6. The van der Waals surface area contributed by atoms with Crippen molar-refractivity contribution in [2.24, 2.45) is 0 Å². The Morgan fingerprint density at radius 3 is 2.54 bits per heavy atom. The minimum atomic E-state index is -0.210. The minimum Gasteiger partial charge on any atom is -0.349 e. The summed E-state index contributed by atoms with van der Waals surface area (Å²) in [6, 6.07) is 18.7. The molecule has 1 aliphatic carbocycles. The van der Waals surface area contributed by atoms with Crippen LogP contribution in [0.4, 0.5) is 4.39 Å². The second-order valence-electron chi connectivity index (χ2n) is 9.07. The Hall–Kier alpha value is -3.19. The van der Waals surface area contributed by atoms with E-state index in [-0.39, 0.29) is 17.8 Å². The fraction of sp³-hybridized carbons (Fsp3) is 0.321. The molecule has 2 aromatic heterocycles. The number of carbonyl (C=O) groups is 1. The van der Waals surface area contributed by atoms with Crippen molar-refractivity contribution >= 4 is 28.8 Å². The third-order valence-corrected chi connectivity index (χ3v) is 7.56. The fourth-order valence-corrected chi connectivity index (χ4v) is 5.57. The van der Waals surface area contributed by atoms with Crippen molar-refractivity contribution in [1.29, 1.82) is 0 Å². The lowest BCUT2D eigenvalue weighted by atomic mass is 10.1. The maximum Gasteiger partial charge on any atom is 0.251 e. The Labute approximate surface area is 209 Å². The Kier molecular flexibility index (Phi) is 7.42. The summed E-state index contributed by atoms with van der Waals surface area (Å²) in [6.45, 7) is 0.567. The number of pyridine rings is 1. The molecular weight excluding hydrogens is 459 g/mol. The molecule has 1 amide bonds. The van der Waals surface area contributed by atoms with Gasteiger partial charge in [-0.25, -0.2) is 14.4 Å². The molecule has 1 fully saturated rings. The monoisotopic (exact) mass is 488 g/mol. The van der Waals surface area contributed by atoms with E-state index in [1.54, 1.807) is 18.3 Å². The van der Waals surface area contributed by atoms with Gasteiger partial charge in [0, 0.05) is 23.6 Å². The lowest BCUT2D eigenvalue weighted by molar-refractivity contribution is 0.0933. The first-order valence-electron chi connectivity index (χ1n) is 12.2. The number of halogens is 1. The van der Waals surface area contributed by atoms with Gasteiger partial charge >= 0.3 is 0 Å². The molecule has 1 saturated carbocycles. The van der Waals surface area contributed by atoms with Crippen LogP contribution in [-0.4, -0.2) is 26.5 Å². The zero-order valence-corrected chi connectivity index (χ0v) is 20.4. The van der Waals surface area contributed by atoms with Crippen LogP contribution in [0.15, 0.2) is 72.0 Å². The summed E-state index contributed by atoms with van der Waals surface area (Å²) < 4.78 is 16.2. The topological polar surface area (TPSA) is 59.8 Å². The molecule has 4 aromatic rings. The molecule has 0 aliphatic heterocycles. The van der Waals surface area contributed by atoms with E-state index in [0.717, 1.165) is 34.7 Å². The molecule has 0 bridgehead atoms. The van der Waals surface area contributed by atoms with Crippen molar-refractivity contribution in [3.8, 4) is 0 Å². The Balaban J connectivity index is 1.31. The summed E-state index contributed by atoms with van der Waals surface area (Å²) >= 11 is 1.50. The third-order valence-electron chi connectivity index (χ3n) is 6.53. The summed E-state index contributed by atoms with van der Waals surface area (Å²) in [5.74, 6) is 0.272. The number of nitrogens with zero attached hydrogens (tertiary/aromatic N) is 3. The Bertz CT molecular complexity index is 1300. The number of thioether (sulfide) groups is 1. The van der Waals surface area contributed by atoms with Crippen molar-refractivity contribution in [2.75, 3.05) is 0 Å². The summed E-state index contributed by atoms with van der Waals surface area (Å²) in [4.78, 5) is 22.0. The number of hydrogen-bond donors (Lipinski definition) is 1. The smallest absolute Gasteiger partial charge is 0.251 e. The van der Waals surface area contributed by atoms with Crippen LogP contribution in [-0.2, 0) is 12.3 Å². The summed E-state index contributed by atoms with van der Waals surface area (Å²) in [5, 5.41) is 4.00. The van der Waals surface area contributed by atoms with Gasteiger partial charge in [0.15, 0.2) is 10.8 Å². The molecule has 180 valence electrons. The van der Waals surface area contributed by atoms with Crippen LogP contribution in [0.5, 0.6) is 0 Å². The SMILES string of the molecule is O=C(NC1CCCCCC1)c1ccc(Cn2c(SCc3ccccc3F)nc3cccnc32)cc1. The van der Waals surface area contributed by atoms with Gasteiger partial charge in [0.05, 0.1) is 6.54 Å². The predicted molar refractivity (Wildman–Crippen MR) is 138 cm³/mol. The first-order valence-corrected chi connectivity index (χ1v) is 13.2. The highest BCUT2D eigenvalue weighted by atomic mass is 32.2. The number of benzene rings is 2. The van der Waals surface area contributed by atoms with Crippen LogP contribution in [0.3, 0.4) is 0 Å². The van der Waals surface area contributed by atoms with Crippen molar-refractivity contribution < 1.29 is 9.18 Å². The lowest BCUT2D eigenvalue weighted by Gasteiger charge is -2.16. The van der Waals surface area contributed by atoms with Gasteiger partial charge in [-0.3, -0.25) is 9.36 Å². The number of hydrogen-bond acceptors (Lipinski definition) is 4. The highest BCUT2D eigenvalue weighted by Crippen LogP contribution is 2.28. The second-order valence-corrected chi connectivity index (χ2v) is 10.0. The number of nitrogens with one attached hydrogen (secondary N) is 1. The van der Waals surface area contributed by atoms with E-state index in [1.165, 1.54) is 43.5 Å². The number of carbonyl (C=O) groups excluding carboxylic acids is 1. The van der Waals surface area contributed by atoms with E-state index < -0.39 is 0 Å². The van der Waals surface area contributed by atoms with Crippen LogP contribution in [0.1, 0.15) is 60.0 Å². The third kappa shape index (κ3) is 5.73. The predicted octanol–water partition coefficient (Wildman–Crippen LogP) is 6.36. The molecule has 1 N–H and O–H groups in total. The van der Waals surface area contributed by atoms with Crippen LogP contribution >= 0.6 is 11.8 Å². The molecule has 5 rings (SSSR count). The van der Waals surface area contributed by atoms with Crippen molar-refractivity contribution in [1.82, 2.24) is 19.9 Å². The van der Waals surface area contributed by atoms with E-state index in [2.05, 4.69) is 14.9 Å². The normalized spacial score (nSPS) is 14.7. The highest BCUT2D eigenvalue weighted by molar-refractivity contribution is 7.98. The first kappa shape index (κ1) is 23.5. The average molecular weight is 489 g/mol. The molecule has 1 aliphatic rings. The number of imidazole rings is 1. The maximum atomic E-state index is 14.1. The van der Waals surface area contributed by atoms with Gasteiger partial charge in [0.25, 0.3) is 5.91 Å². The van der Waals surface area contributed by atoms with Crippen molar-refractivity contribution in [2.45, 2.75) is 62.0 Å². The van der Waals surface area contributed by atoms with E-state index in [9.17, 15) is 9.18 Å². The summed E-state index contributed by atoms with van der Waals surface area (Å²) in [6.07, 6.45) is 8.80. The van der Waals surface area contributed by atoms with Gasteiger partial charge in [-0.2, -0.15) is 0 Å². The molecule has 0 atom stereocenters. The van der Waals surface area contributed by atoms with Crippen LogP contribution in [0.2, 0.25) is 0 Å². The molecule has 2 heterocycles. The molecule has 7 heteroatoms. The van der Waals surface area contributed by atoms with E-state index >= 15 is 0 Å². The highest BCUT2D eigenvalue weighted by Gasteiger charge is 2.17. The fourth-order valence-electron chi connectivity index (χ4n) is 4.58. The van der Waals surface area contributed by atoms with Crippen LogP contribution < -0.4 is 5.32 Å². The molecule has 0 spiro atoms. The summed E-state index contributed by atoms with van der Waals surface area (Å²) in [5.41, 5.74) is 3.98.